The van der Waals surface area contributed by atoms with Crippen molar-refractivity contribution in [1.82, 2.24) is 0 Å². The summed E-state index contributed by atoms with van der Waals surface area (Å²) in [6.07, 6.45) is 1.37. The van der Waals surface area contributed by atoms with Gasteiger partial charge in [0.25, 0.3) is 5.91 Å². The van der Waals surface area contributed by atoms with Crippen molar-refractivity contribution < 1.29 is 29.3 Å². The van der Waals surface area contributed by atoms with Gasteiger partial charge in [-0.3, -0.25) is 4.79 Å². The van der Waals surface area contributed by atoms with Gasteiger partial charge in [0, 0.05) is 15.7 Å². The number of carboxylic acids is 2. The Balaban J connectivity index is 1.81. The molecule has 0 saturated carbocycles. The Kier molecular flexibility index (Phi) is 7.79. The maximum Gasteiger partial charge on any atom is 0.335 e. The predicted molar refractivity (Wildman–Crippen MR) is 127 cm³/mol. The van der Waals surface area contributed by atoms with Crippen LogP contribution in [-0.2, 0) is 11.4 Å². The molecule has 0 bridgehead atoms. The fourth-order valence-corrected chi connectivity index (χ4v) is 3.28. The van der Waals surface area contributed by atoms with Crippen LogP contribution in [-0.4, -0.2) is 28.1 Å². The third-order valence-corrected chi connectivity index (χ3v) is 5.09. The Morgan fingerprint density at radius 1 is 0.971 bits per heavy atom. The van der Waals surface area contributed by atoms with Crippen molar-refractivity contribution in [3.05, 3.63) is 99.0 Å². The Hall–Kier alpha value is -4.42. The molecule has 0 unspecified atom stereocenters. The summed E-state index contributed by atoms with van der Waals surface area (Å²) < 4.78 is 6.54. The van der Waals surface area contributed by atoms with Gasteiger partial charge in [-0.15, -0.1) is 0 Å². The summed E-state index contributed by atoms with van der Waals surface area (Å²) in [4.78, 5) is 34.8. The van der Waals surface area contributed by atoms with Crippen molar-refractivity contribution in [2.75, 3.05) is 5.32 Å². The van der Waals surface area contributed by atoms with E-state index in [-0.39, 0.29) is 29.0 Å². The first-order valence-corrected chi connectivity index (χ1v) is 10.6. The highest BCUT2D eigenvalue weighted by Crippen LogP contribution is 2.27. The molecule has 0 aliphatic rings. The monoisotopic (exact) mass is 520 g/mol. The van der Waals surface area contributed by atoms with Crippen LogP contribution in [0.4, 0.5) is 5.69 Å². The molecule has 0 spiro atoms. The van der Waals surface area contributed by atoms with Gasteiger partial charge in [0.05, 0.1) is 11.1 Å². The first kappa shape index (κ1) is 24.2. The summed E-state index contributed by atoms with van der Waals surface area (Å²) in [7, 11) is 0. The van der Waals surface area contributed by atoms with Crippen molar-refractivity contribution in [3.63, 3.8) is 0 Å². The molecular formula is C25H17BrN2O6. The fourth-order valence-electron chi connectivity index (χ4n) is 2.90. The van der Waals surface area contributed by atoms with Gasteiger partial charge < -0.3 is 20.3 Å². The van der Waals surface area contributed by atoms with Crippen LogP contribution < -0.4 is 10.1 Å². The van der Waals surface area contributed by atoms with Gasteiger partial charge in [0.1, 0.15) is 24.0 Å². The number of anilines is 1. The van der Waals surface area contributed by atoms with Gasteiger partial charge in [-0.2, -0.15) is 5.26 Å². The quantitative estimate of drug-likeness (QED) is 0.281. The highest BCUT2D eigenvalue weighted by atomic mass is 79.9. The van der Waals surface area contributed by atoms with E-state index in [1.807, 2.05) is 6.07 Å². The molecule has 0 aromatic heterocycles. The Morgan fingerprint density at radius 3 is 2.32 bits per heavy atom. The number of rotatable bonds is 8. The van der Waals surface area contributed by atoms with Gasteiger partial charge in [0.2, 0.25) is 0 Å². The second-order valence-corrected chi connectivity index (χ2v) is 7.90. The molecule has 0 heterocycles. The van der Waals surface area contributed by atoms with Gasteiger partial charge in [-0.25, -0.2) is 9.59 Å². The van der Waals surface area contributed by atoms with Gasteiger partial charge in [-0.05, 0) is 60.2 Å². The number of hydrogen-bond donors (Lipinski definition) is 3. The number of carboxylic acid groups (broad SMARTS) is 2. The molecule has 3 aromatic rings. The second kappa shape index (κ2) is 10.9. The van der Waals surface area contributed by atoms with Crippen molar-refractivity contribution in [2.24, 2.45) is 0 Å². The summed E-state index contributed by atoms with van der Waals surface area (Å²) in [5.41, 5.74) is 1.38. The van der Waals surface area contributed by atoms with E-state index in [9.17, 15) is 19.6 Å². The van der Waals surface area contributed by atoms with E-state index in [4.69, 9.17) is 14.9 Å². The fraction of sp³-hybridized carbons (Fsp3) is 0.0400. The number of nitrogens with one attached hydrogen (secondary N) is 1. The molecule has 3 N–H and O–H groups in total. The lowest BCUT2D eigenvalue weighted by Crippen LogP contribution is -2.14. The lowest BCUT2D eigenvalue weighted by atomic mass is 10.1. The van der Waals surface area contributed by atoms with E-state index in [0.717, 1.165) is 5.56 Å². The number of aromatic carboxylic acids is 2. The number of carbonyl (C=O) groups excluding carboxylic acids is 1. The van der Waals surface area contributed by atoms with Crippen molar-refractivity contribution >= 4 is 45.5 Å². The molecule has 0 aliphatic carbocycles. The topological polar surface area (TPSA) is 137 Å². The zero-order valence-electron chi connectivity index (χ0n) is 17.5. The first-order valence-electron chi connectivity index (χ1n) is 9.78. The van der Waals surface area contributed by atoms with Crippen molar-refractivity contribution in [2.45, 2.75) is 6.61 Å². The third kappa shape index (κ3) is 6.31. The molecule has 8 nitrogen and oxygen atoms in total. The minimum Gasteiger partial charge on any atom is -0.488 e. The molecule has 3 rings (SSSR count). The highest BCUT2D eigenvalue weighted by molar-refractivity contribution is 9.10. The molecule has 0 atom stereocenters. The molecule has 0 aliphatic heterocycles. The minimum atomic E-state index is -1.14. The molecule has 9 heteroatoms. The normalized spacial score (nSPS) is 10.8. The summed E-state index contributed by atoms with van der Waals surface area (Å²) in [5.74, 6) is -2.47. The third-order valence-electron chi connectivity index (χ3n) is 4.60. The zero-order valence-corrected chi connectivity index (χ0v) is 19.1. The predicted octanol–water partition coefficient (Wildman–Crippen LogP) is 4.97. The van der Waals surface area contributed by atoms with Crippen molar-refractivity contribution in [1.29, 1.82) is 5.26 Å². The molecule has 0 saturated heterocycles. The van der Waals surface area contributed by atoms with Crippen LogP contribution in [0.2, 0.25) is 0 Å². The SMILES string of the molecule is N#C/C(=C/c1cc(Br)ccc1OCc1ccc(C(=O)O)cc1)C(=O)Nc1cccc(C(=O)O)c1. The summed E-state index contributed by atoms with van der Waals surface area (Å²) in [6.45, 7) is 0.137. The molecule has 0 fully saturated rings. The first-order chi connectivity index (χ1) is 16.3. The van der Waals surface area contributed by atoms with Crippen LogP contribution in [0.15, 0.2) is 76.8 Å². The number of carbonyl (C=O) groups is 3. The number of nitrogens with zero attached hydrogens (tertiary/aromatic N) is 1. The molecule has 3 aromatic carbocycles. The van der Waals surface area contributed by atoms with Gasteiger partial charge in [0.15, 0.2) is 0 Å². The maximum absolute atomic E-state index is 12.6. The number of benzene rings is 3. The van der Waals surface area contributed by atoms with Crippen molar-refractivity contribution in [3.8, 4) is 11.8 Å². The molecule has 1 amide bonds. The number of halogens is 1. The van der Waals surface area contributed by atoms with Crippen LogP contribution in [0.25, 0.3) is 6.08 Å². The maximum atomic E-state index is 12.6. The van der Waals surface area contributed by atoms with E-state index < -0.39 is 17.8 Å². The number of amides is 1. The molecular weight excluding hydrogens is 504 g/mol. The van der Waals surface area contributed by atoms with E-state index in [0.29, 0.717) is 15.8 Å². The molecule has 34 heavy (non-hydrogen) atoms. The Labute approximate surface area is 202 Å². The second-order valence-electron chi connectivity index (χ2n) is 6.98. The van der Waals surface area contributed by atoms with Crippen LogP contribution in [0.3, 0.4) is 0 Å². The number of hydrogen-bond acceptors (Lipinski definition) is 5. The number of nitriles is 1. The van der Waals surface area contributed by atoms with E-state index in [2.05, 4.69) is 21.2 Å². The van der Waals surface area contributed by atoms with E-state index in [1.165, 1.54) is 42.5 Å². The standard InChI is InChI=1S/C25H17BrN2O6/c26-20-8-9-22(34-14-15-4-6-16(7-5-15)24(30)31)18(11-20)10-19(13-27)23(29)28-21-3-1-2-17(12-21)25(32)33/h1-12H,14H2,(H,28,29)(H,30,31)(H,32,33)/b19-10-. The minimum absolute atomic E-state index is 0.000601. The highest BCUT2D eigenvalue weighted by Gasteiger charge is 2.13. The van der Waals surface area contributed by atoms with E-state index >= 15 is 0 Å². The summed E-state index contributed by atoms with van der Waals surface area (Å²) in [6, 6.07) is 18.8. The summed E-state index contributed by atoms with van der Waals surface area (Å²) in [5, 5.41) is 30.2. The van der Waals surface area contributed by atoms with E-state index in [1.54, 1.807) is 30.3 Å². The smallest absolute Gasteiger partial charge is 0.335 e. The lowest BCUT2D eigenvalue weighted by molar-refractivity contribution is -0.112. The Morgan fingerprint density at radius 2 is 1.68 bits per heavy atom. The van der Waals surface area contributed by atoms with Crippen LogP contribution in [0.5, 0.6) is 5.75 Å². The average molecular weight is 521 g/mol. The van der Waals surface area contributed by atoms with Crippen LogP contribution in [0, 0.1) is 11.3 Å². The Bertz CT molecular complexity index is 1330. The molecule has 0 radical (unpaired) electrons. The lowest BCUT2D eigenvalue weighted by Gasteiger charge is -2.11. The molecule has 170 valence electrons. The van der Waals surface area contributed by atoms with Crippen LogP contribution >= 0.6 is 15.9 Å². The largest absolute Gasteiger partial charge is 0.488 e. The zero-order chi connectivity index (χ0) is 24.7. The average Bonchev–Trinajstić information content (AvgIpc) is 2.82. The summed E-state index contributed by atoms with van der Waals surface area (Å²) >= 11 is 3.36. The van der Waals surface area contributed by atoms with Gasteiger partial charge in [-0.1, -0.05) is 34.1 Å². The number of ether oxygens (including phenoxy) is 1. The van der Waals surface area contributed by atoms with Crippen LogP contribution in [0.1, 0.15) is 31.8 Å². The van der Waals surface area contributed by atoms with Gasteiger partial charge >= 0.3 is 11.9 Å².